The van der Waals surface area contributed by atoms with Crippen LogP contribution in [0.2, 0.25) is 0 Å². The van der Waals surface area contributed by atoms with Crippen LogP contribution in [0.3, 0.4) is 0 Å². The van der Waals surface area contributed by atoms with Crippen LogP contribution < -0.4 is 5.32 Å². The lowest BCUT2D eigenvalue weighted by Crippen LogP contribution is -2.48. The molecule has 1 saturated heterocycles. The van der Waals surface area contributed by atoms with Gasteiger partial charge in [0.05, 0.1) is 0 Å². The van der Waals surface area contributed by atoms with E-state index >= 15 is 0 Å². The minimum Gasteiger partial charge on any atom is -0.325 e. The maximum absolute atomic E-state index is 12.6. The topological polar surface area (TPSA) is 69.7 Å². The highest BCUT2D eigenvalue weighted by Crippen LogP contribution is 2.24. The molecule has 6 nitrogen and oxygen atoms in total. The Morgan fingerprint density at radius 2 is 1.72 bits per heavy atom. The molecule has 0 atom stereocenters. The minimum atomic E-state index is -3.39. The second-order valence-corrected chi connectivity index (χ2v) is 10.1. The summed E-state index contributed by atoms with van der Waals surface area (Å²) in [4.78, 5) is 14.6. The maximum Gasteiger partial charge on any atom is 0.252 e. The molecule has 8 heteroatoms. The number of rotatable bonds is 6. The van der Waals surface area contributed by atoms with E-state index in [9.17, 15) is 13.2 Å². The fraction of sp³-hybridized carbons (Fsp3) is 0.286. The molecule has 3 aromatic rings. The molecule has 1 fully saturated rings. The van der Waals surface area contributed by atoms with E-state index in [0.29, 0.717) is 43.4 Å². The summed E-state index contributed by atoms with van der Waals surface area (Å²) in [6.45, 7) is 2.78. The van der Waals surface area contributed by atoms with Crippen molar-refractivity contribution in [2.75, 3.05) is 38.0 Å². The van der Waals surface area contributed by atoms with E-state index in [1.165, 1.54) is 15.6 Å². The summed E-state index contributed by atoms with van der Waals surface area (Å²) in [7, 11) is -3.39. The summed E-state index contributed by atoms with van der Waals surface area (Å²) >= 11 is 1.24. The van der Waals surface area contributed by atoms with Crippen LogP contribution in [0.1, 0.15) is 6.42 Å². The van der Waals surface area contributed by atoms with Crippen molar-refractivity contribution in [2.45, 2.75) is 10.6 Å². The minimum absolute atomic E-state index is 0.0324. The summed E-state index contributed by atoms with van der Waals surface area (Å²) in [5, 5.41) is 6.90. The number of fused-ring (bicyclic) bond motifs is 1. The molecule has 0 aliphatic carbocycles. The molecule has 0 bridgehead atoms. The number of nitrogens with zero attached hydrogens (tertiary/aromatic N) is 2. The van der Waals surface area contributed by atoms with E-state index in [1.54, 1.807) is 17.5 Å². The van der Waals surface area contributed by atoms with Crippen molar-refractivity contribution < 1.29 is 13.2 Å². The van der Waals surface area contributed by atoms with Crippen molar-refractivity contribution >= 4 is 43.7 Å². The average Bonchev–Trinajstić information content (AvgIpc) is 3.29. The molecule has 1 N–H and O–H groups in total. The zero-order valence-electron chi connectivity index (χ0n) is 16.0. The van der Waals surface area contributed by atoms with Gasteiger partial charge >= 0.3 is 0 Å². The van der Waals surface area contributed by atoms with Crippen molar-refractivity contribution in [2.24, 2.45) is 0 Å². The number of anilines is 1. The fourth-order valence-corrected chi connectivity index (χ4v) is 6.10. The number of amides is 1. The van der Waals surface area contributed by atoms with Gasteiger partial charge in [-0.25, -0.2) is 8.42 Å². The van der Waals surface area contributed by atoms with Crippen molar-refractivity contribution in [3.63, 3.8) is 0 Å². The Labute approximate surface area is 174 Å². The number of nitrogens with one attached hydrogen (secondary N) is 1. The van der Waals surface area contributed by atoms with E-state index < -0.39 is 10.0 Å². The van der Waals surface area contributed by atoms with Crippen LogP contribution in [0.4, 0.5) is 5.69 Å². The second kappa shape index (κ2) is 8.62. The van der Waals surface area contributed by atoms with E-state index in [-0.39, 0.29) is 5.91 Å². The fourth-order valence-electron chi connectivity index (χ4n) is 3.54. The molecule has 152 valence electrons. The average molecular weight is 430 g/mol. The van der Waals surface area contributed by atoms with Gasteiger partial charge in [0.1, 0.15) is 4.21 Å². The number of benzene rings is 2. The first-order chi connectivity index (χ1) is 14.0. The van der Waals surface area contributed by atoms with Crippen LogP contribution in [0, 0.1) is 0 Å². The summed E-state index contributed by atoms with van der Waals surface area (Å²) < 4.78 is 27.1. The first-order valence-corrected chi connectivity index (χ1v) is 11.9. The third-order valence-electron chi connectivity index (χ3n) is 5.14. The Hall–Kier alpha value is -2.26. The van der Waals surface area contributed by atoms with Gasteiger partial charge in [-0.2, -0.15) is 4.31 Å². The third kappa shape index (κ3) is 4.51. The Kier molecular flexibility index (Phi) is 5.96. The molecule has 1 amide bonds. The summed E-state index contributed by atoms with van der Waals surface area (Å²) in [5.74, 6) is -0.0324. The number of carbonyl (C=O) groups is 1. The Morgan fingerprint density at radius 3 is 2.48 bits per heavy atom. The molecule has 0 radical (unpaired) electrons. The van der Waals surface area contributed by atoms with Crippen molar-refractivity contribution in [1.29, 1.82) is 0 Å². The van der Waals surface area contributed by atoms with Gasteiger partial charge in [0.2, 0.25) is 5.91 Å². The second-order valence-electron chi connectivity index (χ2n) is 7.00. The number of hydrogen-bond donors (Lipinski definition) is 1. The van der Waals surface area contributed by atoms with Crippen LogP contribution >= 0.6 is 11.3 Å². The SMILES string of the molecule is O=C(CCN1CCN(S(=O)(=O)c2cccs2)CC1)Nc1cccc2ccccc12. The van der Waals surface area contributed by atoms with Crippen LogP contribution in [0.5, 0.6) is 0 Å². The molecule has 0 unspecified atom stereocenters. The number of carbonyl (C=O) groups excluding carboxylic acids is 1. The highest BCUT2D eigenvalue weighted by molar-refractivity contribution is 7.91. The van der Waals surface area contributed by atoms with Crippen LogP contribution in [-0.4, -0.2) is 56.3 Å². The molecule has 2 aromatic carbocycles. The lowest BCUT2D eigenvalue weighted by atomic mass is 10.1. The number of sulfonamides is 1. The quantitative estimate of drug-likeness (QED) is 0.653. The van der Waals surface area contributed by atoms with E-state index in [4.69, 9.17) is 0 Å². The molecule has 1 aliphatic heterocycles. The largest absolute Gasteiger partial charge is 0.325 e. The summed E-state index contributed by atoms with van der Waals surface area (Å²) in [5.41, 5.74) is 0.819. The standard InChI is InChI=1S/C21H23N3O3S2/c25-20(22-19-8-3-6-17-5-1-2-7-18(17)19)10-11-23-12-14-24(15-13-23)29(26,27)21-9-4-16-28-21/h1-9,16H,10-15H2,(H,22,25). The van der Waals surface area contributed by atoms with Gasteiger partial charge < -0.3 is 10.2 Å². The van der Waals surface area contributed by atoms with Crippen LogP contribution in [0.15, 0.2) is 64.2 Å². The van der Waals surface area contributed by atoms with E-state index in [1.807, 2.05) is 42.5 Å². The monoisotopic (exact) mass is 429 g/mol. The van der Waals surface area contributed by atoms with Crippen molar-refractivity contribution in [3.8, 4) is 0 Å². The van der Waals surface area contributed by atoms with Gasteiger partial charge in [0, 0.05) is 50.2 Å². The van der Waals surface area contributed by atoms with Gasteiger partial charge in [0.25, 0.3) is 10.0 Å². The molecule has 0 saturated carbocycles. The van der Waals surface area contributed by atoms with Crippen molar-refractivity contribution in [3.05, 3.63) is 60.0 Å². The smallest absolute Gasteiger partial charge is 0.252 e. The number of hydrogen-bond acceptors (Lipinski definition) is 5. The number of piperazine rings is 1. The molecule has 0 spiro atoms. The molecule has 1 aliphatic rings. The highest BCUT2D eigenvalue weighted by Gasteiger charge is 2.29. The lowest BCUT2D eigenvalue weighted by Gasteiger charge is -2.33. The lowest BCUT2D eigenvalue weighted by molar-refractivity contribution is -0.116. The zero-order chi connectivity index (χ0) is 20.3. The Bertz CT molecular complexity index is 1080. The Balaban J connectivity index is 1.29. The van der Waals surface area contributed by atoms with Gasteiger partial charge in [-0.15, -0.1) is 11.3 Å². The maximum atomic E-state index is 12.6. The van der Waals surface area contributed by atoms with Gasteiger partial charge in [-0.05, 0) is 22.9 Å². The van der Waals surface area contributed by atoms with Crippen LogP contribution in [-0.2, 0) is 14.8 Å². The van der Waals surface area contributed by atoms with Crippen LogP contribution in [0.25, 0.3) is 10.8 Å². The molecule has 29 heavy (non-hydrogen) atoms. The zero-order valence-corrected chi connectivity index (χ0v) is 17.6. The third-order valence-corrected chi connectivity index (χ3v) is 8.41. The Morgan fingerprint density at radius 1 is 0.966 bits per heavy atom. The molecule has 4 rings (SSSR count). The normalized spacial score (nSPS) is 16.1. The van der Waals surface area contributed by atoms with Gasteiger partial charge in [-0.3, -0.25) is 4.79 Å². The molecular formula is C21H23N3O3S2. The van der Waals surface area contributed by atoms with Gasteiger partial charge in [0.15, 0.2) is 0 Å². The first-order valence-electron chi connectivity index (χ1n) is 9.58. The number of thiophene rings is 1. The molecule has 1 aromatic heterocycles. The highest BCUT2D eigenvalue weighted by atomic mass is 32.2. The van der Waals surface area contributed by atoms with Crippen molar-refractivity contribution in [1.82, 2.24) is 9.21 Å². The molecular weight excluding hydrogens is 406 g/mol. The molecule has 2 heterocycles. The van der Waals surface area contributed by atoms with Gasteiger partial charge in [-0.1, -0.05) is 42.5 Å². The predicted octanol–water partition coefficient (Wildman–Crippen LogP) is 3.24. The predicted molar refractivity (Wildman–Crippen MR) is 117 cm³/mol. The summed E-state index contributed by atoms with van der Waals surface area (Å²) in [6.07, 6.45) is 0.376. The summed E-state index contributed by atoms with van der Waals surface area (Å²) in [6, 6.07) is 17.2. The van der Waals surface area contributed by atoms with E-state index in [0.717, 1.165) is 16.5 Å². The van der Waals surface area contributed by atoms with E-state index in [2.05, 4.69) is 10.2 Å². The first kappa shape index (κ1) is 20.0.